The van der Waals surface area contributed by atoms with Gasteiger partial charge in [0.15, 0.2) is 0 Å². The van der Waals surface area contributed by atoms with Crippen LogP contribution >= 0.6 is 0 Å². The van der Waals surface area contributed by atoms with E-state index in [1.165, 1.54) is 5.56 Å². The van der Waals surface area contributed by atoms with Crippen LogP contribution in [0.1, 0.15) is 11.1 Å². The molecule has 2 N–H and O–H groups in total. The molecule has 0 aliphatic rings. The lowest BCUT2D eigenvalue weighted by Gasteiger charge is -2.08. The van der Waals surface area contributed by atoms with Gasteiger partial charge in [0.25, 0.3) is 0 Å². The molecule has 1 aromatic carbocycles. The molecule has 0 amide bonds. The fraction of sp³-hybridized carbons (Fsp3) is 0.200. The van der Waals surface area contributed by atoms with Crippen LogP contribution in [0.2, 0.25) is 0 Å². The van der Waals surface area contributed by atoms with Crippen molar-refractivity contribution < 1.29 is 0 Å². The van der Waals surface area contributed by atoms with Gasteiger partial charge in [-0.25, -0.2) is 0 Å². The van der Waals surface area contributed by atoms with Gasteiger partial charge in [-0.3, -0.25) is 0 Å². The third-order valence-electron chi connectivity index (χ3n) is 2.22. The van der Waals surface area contributed by atoms with Crippen molar-refractivity contribution in [3.05, 3.63) is 41.7 Å². The van der Waals surface area contributed by atoms with E-state index in [0.29, 0.717) is 6.54 Å². The van der Waals surface area contributed by atoms with E-state index in [1.807, 2.05) is 25.1 Å². The molecule has 1 heterocycles. The molecule has 0 aliphatic heterocycles. The third-order valence-corrected chi connectivity index (χ3v) is 2.22. The van der Waals surface area contributed by atoms with Crippen LogP contribution in [-0.4, -0.2) is 15.0 Å². The van der Waals surface area contributed by atoms with E-state index >= 15 is 0 Å². The van der Waals surface area contributed by atoms with Crippen molar-refractivity contribution in [2.75, 3.05) is 0 Å². The molecular formula is C10H12N4. The first kappa shape index (κ1) is 8.90. The van der Waals surface area contributed by atoms with E-state index in [9.17, 15) is 0 Å². The van der Waals surface area contributed by atoms with E-state index < -0.39 is 0 Å². The van der Waals surface area contributed by atoms with Gasteiger partial charge in [-0.1, -0.05) is 12.1 Å². The summed E-state index contributed by atoms with van der Waals surface area (Å²) in [6.07, 6.45) is 3.31. The molecule has 4 nitrogen and oxygen atoms in total. The quantitative estimate of drug-likeness (QED) is 0.766. The van der Waals surface area contributed by atoms with Gasteiger partial charge in [0.1, 0.15) is 0 Å². The predicted octanol–water partition coefficient (Wildman–Crippen LogP) is 1.03. The first-order chi connectivity index (χ1) is 6.83. The van der Waals surface area contributed by atoms with Crippen molar-refractivity contribution in [1.29, 1.82) is 0 Å². The number of nitrogens with zero attached hydrogens (tertiary/aromatic N) is 3. The Kier molecular flexibility index (Phi) is 2.28. The number of benzene rings is 1. The Hall–Kier alpha value is -1.68. The summed E-state index contributed by atoms with van der Waals surface area (Å²) >= 11 is 0. The Morgan fingerprint density at radius 2 is 2.00 bits per heavy atom. The Morgan fingerprint density at radius 1 is 1.29 bits per heavy atom. The van der Waals surface area contributed by atoms with Crippen LogP contribution in [0, 0.1) is 6.92 Å². The standard InChI is InChI=1S/C10H12N4/c1-8-3-2-4-10(9(8)7-11)14-12-5-6-13-14/h2-6H,7,11H2,1H3. The van der Waals surface area contributed by atoms with E-state index in [1.54, 1.807) is 17.2 Å². The zero-order valence-electron chi connectivity index (χ0n) is 8.01. The molecule has 0 aliphatic carbocycles. The van der Waals surface area contributed by atoms with Crippen LogP contribution in [0.15, 0.2) is 30.6 Å². The van der Waals surface area contributed by atoms with Crippen molar-refractivity contribution >= 4 is 0 Å². The second-order valence-corrected chi connectivity index (χ2v) is 3.10. The maximum Gasteiger partial charge on any atom is 0.0904 e. The molecule has 1 aromatic heterocycles. The first-order valence-corrected chi connectivity index (χ1v) is 4.48. The molecule has 0 fully saturated rings. The fourth-order valence-corrected chi connectivity index (χ4v) is 1.48. The molecule has 0 atom stereocenters. The van der Waals surface area contributed by atoms with E-state index in [-0.39, 0.29) is 0 Å². The number of rotatable bonds is 2. The largest absolute Gasteiger partial charge is 0.326 e. The van der Waals surface area contributed by atoms with Gasteiger partial charge >= 0.3 is 0 Å². The third kappa shape index (κ3) is 1.40. The predicted molar refractivity (Wildman–Crippen MR) is 54.0 cm³/mol. The summed E-state index contributed by atoms with van der Waals surface area (Å²) in [5.74, 6) is 0. The maximum atomic E-state index is 5.69. The highest BCUT2D eigenvalue weighted by Gasteiger charge is 2.06. The van der Waals surface area contributed by atoms with Crippen molar-refractivity contribution in [3.8, 4) is 5.69 Å². The van der Waals surface area contributed by atoms with Gasteiger partial charge < -0.3 is 5.73 Å². The molecule has 0 spiro atoms. The summed E-state index contributed by atoms with van der Waals surface area (Å²) < 4.78 is 0. The van der Waals surface area contributed by atoms with Gasteiger partial charge in [-0.05, 0) is 24.1 Å². The van der Waals surface area contributed by atoms with Gasteiger partial charge in [0.2, 0.25) is 0 Å². The highest BCUT2D eigenvalue weighted by Crippen LogP contribution is 2.15. The summed E-state index contributed by atoms with van der Waals surface area (Å²) in [7, 11) is 0. The molecule has 72 valence electrons. The summed E-state index contributed by atoms with van der Waals surface area (Å²) in [5.41, 5.74) is 8.90. The van der Waals surface area contributed by atoms with Gasteiger partial charge in [0, 0.05) is 6.54 Å². The maximum absolute atomic E-state index is 5.69. The summed E-state index contributed by atoms with van der Waals surface area (Å²) in [6, 6.07) is 5.98. The van der Waals surface area contributed by atoms with Crippen LogP contribution in [0.3, 0.4) is 0 Å². The van der Waals surface area contributed by atoms with Crippen molar-refractivity contribution in [2.45, 2.75) is 13.5 Å². The Bertz CT molecular complexity index is 420. The average Bonchev–Trinajstić information content (AvgIpc) is 2.70. The van der Waals surface area contributed by atoms with Crippen LogP contribution in [-0.2, 0) is 6.54 Å². The van der Waals surface area contributed by atoms with Crippen LogP contribution in [0.5, 0.6) is 0 Å². The average molecular weight is 188 g/mol. The minimum atomic E-state index is 0.504. The topological polar surface area (TPSA) is 56.7 Å². The second-order valence-electron chi connectivity index (χ2n) is 3.10. The monoisotopic (exact) mass is 188 g/mol. The summed E-state index contributed by atoms with van der Waals surface area (Å²) in [6.45, 7) is 2.54. The summed E-state index contributed by atoms with van der Waals surface area (Å²) in [4.78, 5) is 1.59. The second kappa shape index (κ2) is 3.59. The van der Waals surface area contributed by atoms with E-state index in [2.05, 4.69) is 10.2 Å². The zero-order chi connectivity index (χ0) is 9.97. The highest BCUT2D eigenvalue weighted by atomic mass is 15.5. The van der Waals surface area contributed by atoms with Crippen LogP contribution in [0.25, 0.3) is 5.69 Å². The molecule has 2 aromatic rings. The molecule has 14 heavy (non-hydrogen) atoms. The van der Waals surface area contributed by atoms with Crippen molar-refractivity contribution in [3.63, 3.8) is 0 Å². The molecule has 0 radical (unpaired) electrons. The molecule has 0 unspecified atom stereocenters. The lowest BCUT2D eigenvalue weighted by Crippen LogP contribution is -2.08. The van der Waals surface area contributed by atoms with Crippen molar-refractivity contribution in [2.24, 2.45) is 5.73 Å². The minimum absolute atomic E-state index is 0.504. The number of hydrogen-bond donors (Lipinski definition) is 1. The van der Waals surface area contributed by atoms with Crippen molar-refractivity contribution in [1.82, 2.24) is 15.0 Å². The minimum Gasteiger partial charge on any atom is -0.326 e. The highest BCUT2D eigenvalue weighted by molar-refractivity contribution is 5.44. The van der Waals surface area contributed by atoms with Gasteiger partial charge in [0.05, 0.1) is 18.1 Å². The van der Waals surface area contributed by atoms with Crippen LogP contribution in [0.4, 0.5) is 0 Å². The SMILES string of the molecule is Cc1cccc(-n2nccn2)c1CN. The lowest BCUT2D eigenvalue weighted by molar-refractivity contribution is 0.739. The molecule has 2 rings (SSSR count). The first-order valence-electron chi connectivity index (χ1n) is 4.48. The van der Waals surface area contributed by atoms with E-state index in [4.69, 9.17) is 5.73 Å². The number of aromatic nitrogens is 3. The lowest BCUT2D eigenvalue weighted by atomic mass is 10.1. The van der Waals surface area contributed by atoms with Gasteiger partial charge in [-0.15, -0.1) is 0 Å². The number of nitrogens with two attached hydrogens (primary N) is 1. The Balaban J connectivity index is 2.58. The van der Waals surface area contributed by atoms with Crippen LogP contribution < -0.4 is 5.73 Å². The number of hydrogen-bond acceptors (Lipinski definition) is 3. The molecule has 0 saturated heterocycles. The fourth-order valence-electron chi connectivity index (χ4n) is 1.48. The normalized spacial score (nSPS) is 10.4. The molecule has 0 bridgehead atoms. The summed E-state index contributed by atoms with van der Waals surface area (Å²) in [5, 5.41) is 8.17. The smallest absolute Gasteiger partial charge is 0.0904 e. The Labute approximate surface area is 82.4 Å². The number of aryl methyl sites for hydroxylation is 1. The zero-order valence-corrected chi connectivity index (χ0v) is 8.01. The van der Waals surface area contributed by atoms with Gasteiger partial charge in [-0.2, -0.15) is 15.0 Å². The molecule has 0 saturated carbocycles. The van der Waals surface area contributed by atoms with E-state index in [0.717, 1.165) is 11.3 Å². The Morgan fingerprint density at radius 3 is 2.64 bits per heavy atom. The molecule has 4 heteroatoms. The molecular weight excluding hydrogens is 176 g/mol.